The Labute approximate surface area is 126 Å². The molecule has 2 aromatic heterocycles. The number of nitrogens with zero attached hydrogens (tertiary/aromatic N) is 1. The summed E-state index contributed by atoms with van der Waals surface area (Å²) < 4.78 is 6.48. The van der Waals surface area contributed by atoms with E-state index < -0.39 is 0 Å². The summed E-state index contributed by atoms with van der Waals surface area (Å²) in [4.78, 5) is 4.42. The monoisotopic (exact) mass is 304 g/mol. The average molecular weight is 305 g/mol. The zero-order valence-corrected chi connectivity index (χ0v) is 12.4. The van der Waals surface area contributed by atoms with Crippen LogP contribution in [0.15, 0.2) is 41.9 Å². The molecule has 3 aromatic rings. The lowest BCUT2D eigenvalue weighted by Gasteiger charge is -2.16. The fourth-order valence-electron chi connectivity index (χ4n) is 2.16. The SMILES string of the molecule is COc1ccc(Cl)cc1C(N)c1cnc2ccsc2c1. The molecule has 0 saturated heterocycles. The largest absolute Gasteiger partial charge is 0.496 e. The summed E-state index contributed by atoms with van der Waals surface area (Å²) in [6.07, 6.45) is 1.81. The summed E-state index contributed by atoms with van der Waals surface area (Å²) in [6, 6.07) is 9.20. The van der Waals surface area contributed by atoms with E-state index in [1.807, 2.05) is 23.6 Å². The van der Waals surface area contributed by atoms with E-state index in [4.69, 9.17) is 22.1 Å². The van der Waals surface area contributed by atoms with Gasteiger partial charge in [0.1, 0.15) is 5.75 Å². The van der Waals surface area contributed by atoms with E-state index in [1.165, 1.54) is 0 Å². The minimum Gasteiger partial charge on any atom is -0.496 e. The fourth-order valence-corrected chi connectivity index (χ4v) is 3.13. The Kier molecular flexibility index (Phi) is 3.61. The molecular formula is C15H13ClN2OS. The molecule has 2 heterocycles. The minimum atomic E-state index is -0.317. The van der Waals surface area contributed by atoms with Crippen molar-refractivity contribution in [3.8, 4) is 5.75 Å². The molecule has 1 atom stereocenters. The molecule has 0 aliphatic carbocycles. The van der Waals surface area contributed by atoms with Gasteiger partial charge in [-0.05, 0) is 41.3 Å². The third kappa shape index (κ3) is 2.38. The molecule has 1 unspecified atom stereocenters. The van der Waals surface area contributed by atoms with Gasteiger partial charge in [-0.25, -0.2) is 0 Å². The molecule has 1 aromatic carbocycles. The lowest BCUT2D eigenvalue weighted by atomic mass is 10.00. The van der Waals surface area contributed by atoms with Crippen LogP contribution in [0.3, 0.4) is 0 Å². The number of hydrogen-bond acceptors (Lipinski definition) is 4. The molecule has 5 heteroatoms. The van der Waals surface area contributed by atoms with E-state index in [1.54, 1.807) is 30.7 Å². The molecule has 0 saturated carbocycles. The second-order valence-corrected chi connectivity index (χ2v) is 5.82. The summed E-state index contributed by atoms with van der Waals surface area (Å²) in [5.74, 6) is 0.730. The first-order valence-electron chi connectivity index (χ1n) is 6.11. The summed E-state index contributed by atoms with van der Waals surface area (Å²) in [5.41, 5.74) is 9.14. The number of methoxy groups -OCH3 is 1. The quantitative estimate of drug-likeness (QED) is 0.795. The Hall–Kier alpha value is -1.62. The van der Waals surface area contributed by atoms with Crippen LogP contribution in [0.1, 0.15) is 17.2 Å². The molecule has 0 aliphatic rings. The summed E-state index contributed by atoms with van der Waals surface area (Å²) in [5, 5.41) is 2.66. The Bertz CT molecular complexity index is 756. The van der Waals surface area contributed by atoms with E-state index >= 15 is 0 Å². The van der Waals surface area contributed by atoms with Gasteiger partial charge in [0.15, 0.2) is 0 Å². The van der Waals surface area contributed by atoms with Crippen molar-refractivity contribution in [2.45, 2.75) is 6.04 Å². The van der Waals surface area contributed by atoms with Gasteiger partial charge in [0.25, 0.3) is 0 Å². The van der Waals surface area contributed by atoms with Crippen LogP contribution in [0.2, 0.25) is 5.02 Å². The fraction of sp³-hybridized carbons (Fsp3) is 0.133. The smallest absolute Gasteiger partial charge is 0.124 e. The molecule has 3 rings (SSSR count). The number of aromatic nitrogens is 1. The van der Waals surface area contributed by atoms with E-state index in [0.29, 0.717) is 5.02 Å². The van der Waals surface area contributed by atoms with Gasteiger partial charge >= 0.3 is 0 Å². The van der Waals surface area contributed by atoms with Crippen molar-refractivity contribution < 1.29 is 4.74 Å². The predicted molar refractivity (Wildman–Crippen MR) is 83.7 cm³/mol. The number of thiophene rings is 1. The van der Waals surface area contributed by atoms with Gasteiger partial charge in [-0.3, -0.25) is 4.98 Å². The highest BCUT2D eigenvalue weighted by Gasteiger charge is 2.15. The summed E-state index contributed by atoms with van der Waals surface area (Å²) >= 11 is 7.71. The van der Waals surface area contributed by atoms with Crippen LogP contribution >= 0.6 is 22.9 Å². The van der Waals surface area contributed by atoms with Crippen LogP contribution < -0.4 is 10.5 Å². The number of rotatable bonds is 3. The number of benzene rings is 1. The summed E-state index contributed by atoms with van der Waals surface area (Å²) in [7, 11) is 1.63. The van der Waals surface area contributed by atoms with Crippen molar-refractivity contribution >= 4 is 33.2 Å². The van der Waals surface area contributed by atoms with Crippen molar-refractivity contribution in [1.82, 2.24) is 4.98 Å². The van der Waals surface area contributed by atoms with Crippen LogP contribution in [0.25, 0.3) is 10.2 Å². The van der Waals surface area contributed by atoms with Crippen LogP contribution in [0.4, 0.5) is 0 Å². The summed E-state index contributed by atoms with van der Waals surface area (Å²) in [6.45, 7) is 0. The molecule has 102 valence electrons. The van der Waals surface area contributed by atoms with Gasteiger partial charge in [0.05, 0.1) is 23.4 Å². The van der Waals surface area contributed by atoms with Crippen molar-refractivity contribution in [3.05, 3.63) is 58.1 Å². The van der Waals surface area contributed by atoms with E-state index in [-0.39, 0.29) is 6.04 Å². The molecule has 2 N–H and O–H groups in total. The molecule has 0 spiro atoms. The Morgan fingerprint density at radius 1 is 1.30 bits per heavy atom. The number of halogens is 1. The molecule has 20 heavy (non-hydrogen) atoms. The van der Waals surface area contributed by atoms with Crippen molar-refractivity contribution in [2.75, 3.05) is 7.11 Å². The minimum absolute atomic E-state index is 0.317. The zero-order chi connectivity index (χ0) is 14.1. The van der Waals surface area contributed by atoms with Gasteiger partial charge in [-0.2, -0.15) is 0 Å². The molecule has 0 radical (unpaired) electrons. The van der Waals surface area contributed by atoms with Gasteiger partial charge in [0.2, 0.25) is 0 Å². The van der Waals surface area contributed by atoms with E-state index in [2.05, 4.69) is 11.1 Å². The normalized spacial score (nSPS) is 12.6. The second-order valence-electron chi connectivity index (χ2n) is 4.44. The van der Waals surface area contributed by atoms with Gasteiger partial charge < -0.3 is 10.5 Å². The molecule has 0 aliphatic heterocycles. The lowest BCUT2D eigenvalue weighted by Crippen LogP contribution is -2.13. The van der Waals surface area contributed by atoms with Gasteiger partial charge in [0, 0.05) is 16.8 Å². The van der Waals surface area contributed by atoms with Crippen molar-refractivity contribution in [3.63, 3.8) is 0 Å². The first-order valence-corrected chi connectivity index (χ1v) is 7.37. The highest BCUT2D eigenvalue weighted by molar-refractivity contribution is 7.17. The zero-order valence-electron chi connectivity index (χ0n) is 10.8. The van der Waals surface area contributed by atoms with Crippen molar-refractivity contribution in [1.29, 1.82) is 0 Å². The number of hydrogen-bond donors (Lipinski definition) is 1. The maximum absolute atomic E-state index is 6.35. The van der Waals surface area contributed by atoms with Crippen LogP contribution in [-0.2, 0) is 0 Å². The third-order valence-corrected chi connectivity index (χ3v) is 4.30. The van der Waals surface area contributed by atoms with E-state index in [0.717, 1.165) is 27.1 Å². The van der Waals surface area contributed by atoms with Gasteiger partial charge in [-0.1, -0.05) is 11.6 Å². The second kappa shape index (κ2) is 5.40. The van der Waals surface area contributed by atoms with Crippen LogP contribution in [0.5, 0.6) is 5.75 Å². The standard InChI is InChI=1S/C15H13ClN2OS/c1-19-13-3-2-10(16)7-11(13)15(17)9-6-14-12(18-8-9)4-5-20-14/h2-8,15H,17H2,1H3. The molecule has 0 amide bonds. The molecule has 3 nitrogen and oxygen atoms in total. The van der Waals surface area contributed by atoms with E-state index in [9.17, 15) is 0 Å². The molecule has 0 fully saturated rings. The maximum Gasteiger partial charge on any atom is 0.124 e. The number of nitrogens with two attached hydrogens (primary N) is 1. The number of ether oxygens (including phenoxy) is 1. The highest BCUT2D eigenvalue weighted by Crippen LogP contribution is 2.32. The Balaban J connectivity index is 2.06. The number of fused-ring (bicyclic) bond motifs is 1. The van der Waals surface area contributed by atoms with Crippen molar-refractivity contribution in [2.24, 2.45) is 5.73 Å². The first kappa shape index (κ1) is 13.4. The third-order valence-electron chi connectivity index (χ3n) is 3.21. The predicted octanol–water partition coefficient (Wildman–Crippen LogP) is 4.01. The average Bonchev–Trinajstić information content (AvgIpc) is 2.93. The topological polar surface area (TPSA) is 48.1 Å². The van der Waals surface area contributed by atoms with Gasteiger partial charge in [-0.15, -0.1) is 11.3 Å². The van der Waals surface area contributed by atoms with Crippen LogP contribution in [0, 0.1) is 0 Å². The highest BCUT2D eigenvalue weighted by atomic mass is 35.5. The van der Waals surface area contributed by atoms with Crippen LogP contribution in [-0.4, -0.2) is 12.1 Å². The Morgan fingerprint density at radius 3 is 2.95 bits per heavy atom. The lowest BCUT2D eigenvalue weighted by molar-refractivity contribution is 0.408. The first-order chi connectivity index (χ1) is 9.69. The number of pyridine rings is 1. The molecular weight excluding hydrogens is 292 g/mol. The molecule has 0 bridgehead atoms. The maximum atomic E-state index is 6.35. The Morgan fingerprint density at radius 2 is 2.15 bits per heavy atom.